The molecule has 5 atom stereocenters. The van der Waals surface area contributed by atoms with Gasteiger partial charge in [-0.05, 0) is 47.9 Å². The summed E-state index contributed by atoms with van der Waals surface area (Å²) in [5.41, 5.74) is 2.28. The molecular weight excluding hydrogens is 430 g/mol. The summed E-state index contributed by atoms with van der Waals surface area (Å²) in [5.74, 6) is 0.555. The van der Waals surface area contributed by atoms with Crippen LogP contribution in [0.1, 0.15) is 38.3 Å². The Morgan fingerprint density at radius 1 is 1.09 bits per heavy atom. The molecule has 0 radical (unpaired) electrons. The summed E-state index contributed by atoms with van der Waals surface area (Å²) in [6, 6.07) is 18.0. The van der Waals surface area contributed by atoms with Crippen molar-refractivity contribution >= 4 is 5.91 Å². The first-order valence-corrected chi connectivity index (χ1v) is 12.2. The summed E-state index contributed by atoms with van der Waals surface area (Å²) in [4.78, 5) is 15.0. The number of aliphatic hydroxyl groups is 1. The van der Waals surface area contributed by atoms with Crippen molar-refractivity contribution in [3.63, 3.8) is 0 Å². The van der Waals surface area contributed by atoms with Gasteiger partial charge in [0.1, 0.15) is 12.5 Å². The molecule has 1 heterocycles. The van der Waals surface area contributed by atoms with E-state index in [2.05, 4.69) is 19.1 Å². The normalized spacial score (nSPS) is 19.4. The largest absolute Gasteiger partial charge is 0.497 e. The van der Waals surface area contributed by atoms with Gasteiger partial charge in [0.15, 0.2) is 0 Å². The number of hydrogen-bond acceptors (Lipinski definition) is 5. The van der Waals surface area contributed by atoms with Crippen molar-refractivity contribution in [1.29, 1.82) is 0 Å². The number of benzene rings is 2. The molecule has 2 aromatic carbocycles. The van der Waals surface area contributed by atoms with E-state index < -0.39 is 12.0 Å². The highest BCUT2D eigenvalue weighted by Crippen LogP contribution is 2.25. The zero-order valence-corrected chi connectivity index (χ0v) is 20.9. The molecule has 0 saturated carbocycles. The zero-order valence-electron chi connectivity index (χ0n) is 20.9. The molecule has 186 valence electrons. The van der Waals surface area contributed by atoms with Gasteiger partial charge in [0, 0.05) is 6.61 Å². The van der Waals surface area contributed by atoms with Crippen molar-refractivity contribution in [2.45, 2.75) is 52.4 Å². The van der Waals surface area contributed by atoms with Gasteiger partial charge in [0.25, 0.3) is 0 Å². The molecule has 3 rings (SSSR count). The third-order valence-electron chi connectivity index (χ3n) is 6.67. The topological polar surface area (TPSA) is 68.2 Å². The van der Waals surface area contributed by atoms with E-state index in [0.717, 1.165) is 24.2 Å². The van der Waals surface area contributed by atoms with Crippen molar-refractivity contribution < 1.29 is 24.1 Å². The SMILES string of the molecule is COc1ccc(COC[C@H](C)C[C@H](C)[C@@H](O)[C@@H](C)C(=O)N2COC[C@H]2Cc2ccccc2)cc1. The Hall–Kier alpha value is -2.41. The van der Waals surface area contributed by atoms with E-state index in [4.69, 9.17) is 14.2 Å². The van der Waals surface area contributed by atoms with Gasteiger partial charge in [0.05, 0.1) is 38.4 Å². The molecule has 0 aromatic heterocycles. The minimum atomic E-state index is -0.713. The first kappa shape index (κ1) is 26.2. The van der Waals surface area contributed by atoms with E-state index >= 15 is 0 Å². The maximum atomic E-state index is 13.2. The van der Waals surface area contributed by atoms with Crippen LogP contribution in [0.2, 0.25) is 0 Å². The fourth-order valence-corrected chi connectivity index (χ4v) is 4.62. The monoisotopic (exact) mass is 469 g/mol. The van der Waals surface area contributed by atoms with Crippen LogP contribution < -0.4 is 4.74 Å². The average molecular weight is 470 g/mol. The van der Waals surface area contributed by atoms with Crippen LogP contribution in [0.3, 0.4) is 0 Å². The zero-order chi connectivity index (χ0) is 24.5. The van der Waals surface area contributed by atoms with Gasteiger partial charge in [0.2, 0.25) is 5.91 Å². The Labute approximate surface area is 203 Å². The number of methoxy groups -OCH3 is 1. The molecule has 6 heteroatoms. The van der Waals surface area contributed by atoms with Crippen LogP contribution in [0.4, 0.5) is 0 Å². The van der Waals surface area contributed by atoms with Crippen molar-refractivity contribution in [1.82, 2.24) is 4.90 Å². The van der Waals surface area contributed by atoms with Crippen LogP contribution in [0.5, 0.6) is 5.75 Å². The molecular formula is C28H39NO5. The predicted octanol–water partition coefficient (Wildman–Crippen LogP) is 4.30. The summed E-state index contributed by atoms with van der Waals surface area (Å²) >= 11 is 0. The van der Waals surface area contributed by atoms with Crippen molar-refractivity contribution in [3.05, 3.63) is 65.7 Å². The second-order valence-electron chi connectivity index (χ2n) is 9.61. The molecule has 0 aliphatic carbocycles. The average Bonchev–Trinajstić information content (AvgIpc) is 3.31. The molecule has 6 nitrogen and oxygen atoms in total. The number of ether oxygens (including phenoxy) is 3. The number of carbonyl (C=O) groups is 1. The van der Waals surface area contributed by atoms with Crippen LogP contribution in [-0.2, 0) is 27.3 Å². The van der Waals surface area contributed by atoms with E-state index in [1.165, 1.54) is 5.56 Å². The van der Waals surface area contributed by atoms with Gasteiger partial charge in [-0.1, -0.05) is 63.2 Å². The predicted molar refractivity (Wildman–Crippen MR) is 132 cm³/mol. The van der Waals surface area contributed by atoms with Gasteiger partial charge in [-0.2, -0.15) is 0 Å². The second kappa shape index (κ2) is 12.9. The molecule has 1 aliphatic heterocycles. The molecule has 1 N–H and O–H groups in total. The number of aliphatic hydroxyl groups excluding tert-OH is 1. The Morgan fingerprint density at radius 2 is 1.79 bits per heavy atom. The van der Waals surface area contributed by atoms with Crippen molar-refractivity contribution in [2.75, 3.05) is 27.1 Å². The van der Waals surface area contributed by atoms with Gasteiger partial charge >= 0.3 is 0 Å². The standard InChI is InChI=1S/C28H39NO5/c1-20(16-33-17-24-10-12-26(32-4)13-11-24)14-21(2)27(30)22(3)28(31)29-19-34-18-25(29)15-23-8-6-5-7-9-23/h5-13,20-22,25,27,30H,14-19H2,1-4H3/t20-,21+,22-,25-,27-/m1/s1. The van der Waals surface area contributed by atoms with Crippen LogP contribution in [-0.4, -0.2) is 55.1 Å². The highest BCUT2D eigenvalue weighted by Gasteiger charge is 2.36. The lowest BCUT2D eigenvalue weighted by atomic mass is 9.86. The number of hydrogen-bond donors (Lipinski definition) is 1. The van der Waals surface area contributed by atoms with E-state index in [1.807, 2.05) is 56.3 Å². The fraction of sp³-hybridized carbons (Fsp3) is 0.536. The molecule has 0 bridgehead atoms. The van der Waals surface area contributed by atoms with Gasteiger partial charge in [-0.25, -0.2) is 0 Å². The van der Waals surface area contributed by atoms with Crippen LogP contribution in [0, 0.1) is 17.8 Å². The minimum absolute atomic E-state index is 0.00475. The number of rotatable bonds is 12. The molecule has 2 aromatic rings. The quantitative estimate of drug-likeness (QED) is 0.502. The molecule has 34 heavy (non-hydrogen) atoms. The maximum Gasteiger partial charge on any atom is 0.230 e. The summed E-state index contributed by atoms with van der Waals surface area (Å²) < 4.78 is 16.7. The maximum absolute atomic E-state index is 13.2. The number of amides is 1. The molecule has 1 aliphatic rings. The summed E-state index contributed by atoms with van der Waals surface area (Å²) in [6.45, 7) is 7.91. The molecule has 1 amide bonds. The molecule has 1 saturated heterocycles. The van der Waals surface area contributed by atoms with Crippen LogP contribution in [0.25, 0.3) is 0 Å². The smallest absolute Gasteiger partial charge is 0.230 e. The lowest BCUT2D eigenvalue weighted by Crippen LogP contribution is -2.45. The Kier molecular flexibility index (Phi) is 9.93. The van der Waals surface area contributed by atoms with Gasteiger partial charge < -0.3 is 24.2 Å². The van der Waals surface area contributed by atoms with Crippen LogP contribution >= 0.6 is 0 Å². The van der Waals surface area contributed by atoms with Crippen molar-refractivity contribution in [3.8, 4) is 5.75 Å². The number of nitrogens with zero attached hydrogens (tertiary/aromatic N) is 1. The van der Waals surface area contributed by atoms with Gasteiger partial charge in [-0.15, -0.1) is 0 Å². The summed E-state index contributed by atoms with van der Waals surface area (Å²) in [5, 5.41) is 11.0. The lowest BCUT2D eigenvalue weighted by Gasteiger charge is -2.31. The van der Waals surface area contributed by atoms with E-state index in [-0.39, 0.29) is 30.5 Å². The highest BCUT2D eigenvalue weighted by molar-refractivity contribution is 5.79. The number of carbonyl (C=O) groups excluding carboxylic acids is 1. The first-order chi connectivity index (χ1) is 16.4. The lowest BCUT2D eigenvalue weighted by molar-refractivity contribution is -0.142. The van der Waals surface area contributed by atoms with Gasteiger partial charge in [-0.3, -0.25) is 4.79 Å². The third-order valence-corrected chi connectivity index (χ3v) is 6.67. The highest BCUT2D eigenvalue weighted by atomic mass is 16.5. The van der Waals surface area contributed by atoms with Crippen molar-refractivity contribution in [2.24, 2.45) is 17.8 Å². The fourth-order valence-electron chi connectivity index (χ4n) is 4.62. The Morgan fingerprint density at radius 3 is 2.47 bits per heavy atom. The Balaban J connectivity index is 1.44. The molecule has 0 unspecified atom stereocenters. The Bertz CT molecular complexity index is 872. The minimum Gasteiger partial charge on any atom is -0.497 e. The summed E-state index contributed by atoms with van der Waals surface area (Å²) in [6.07, 6.45) is 0.827. The second-order valence-corrected chi connectivity index (χ2v) is 9.61. The van der Waals surface area contributed by atoms with E-state index in [0.29, 0.717) is 19.8 Å². The first-order valence-electron chi connectivity index (χ1n) is 12.2. The third kappa shape index (κ3) is 7.29. The van der Waals surface area contributed by atoms with Crippen LogP contribution in [0.15, 0.2) is 54.6 Å². The molecule has 1 fully saturated rings. The summed E-state index contributed by atoms with van der Waals surface area (Å²) in [7, 11) is 1.65. The molecule has 0 spiro atoms. The van der Waals surface area contributed by atoms with E-state index in [9.17, 15) is 9.90 Å². The van der Waals surface area contributed by atoms with E-state index in [1.54, 1.807) is 12.0 Å².